The monoisotopic (exact) mass is 219 g/mol. The fourth-order valence-electron chi connectivity index (χ4n) is 2.08. The van der Waals surface area contributed by atoms with E-state index in [-0.39, 0.29) is 0 Å². The van der Waals surface area contributed by atoms with Crippen LogP contribution in [0.4, 0.5) is 0 Å². The highest BCUT2D eigenvalue weighted by Gasteiger charge is 2.20. The summed E-state index contributed by atoms with van der Waals surface area (Å²) < 4.78 is 2.12. The largest absolute Gasteiger partial charge is 0.286 e. The Bertz CT molecular complexity index is 460. The SMILES string of the molecule is c1ccn2c(C3CCCSC3)nnc2c1. The maximum absolute atomic E-state index is 4.32. The molecule has 3 rings (SSSR count). The second-order valence-corrected chi connectivity index (χ2v) is 5.05. The van der Waals surface area contributed by atoms with Crippen molar-refractivity contribution >= 4 is 17.4 Å². The number of hydrogen-bond acceptors (Lipinski definition) is 3. The number of aromatic nitrogens is 3. The molecule has 1 aliphatic rings. The van der Waals surface area contributed by atoms with E-state index in [9.17, 15) is 0 Å². The predicted octanol–water partition coefficient (Wildman–Crippen LogP) is 2.34. The fourth-order valence-corrected chi connectivity index (χ4v) is 3.22. The van der Waals surface area contributed by atoms with Gasteiger partial charge in [0.05, 0.1) is 0 Å². The van der Waals surface area contributed by atoms with Gasteiger partial charge in [-0.15, -0.1) is 10.2 Å². The number of rotatable bonds is 1. The van der Waals surface area contributed by atoms with Gasteiger partial charge in [0.1, 0.15) is 5.82 Å². The minimum absolute atomic E-state index is 0.584. The second kappa shape index (κ2) is 3.85. The molecule has 4 heteroatoms. The Labute approximate surface area is 92.9 Å². The van der Waals surface area contributed by atoms with Gasteiger partial charge < -0.3 is 0 Å². The Morgan fingerprint density at radius 2 is 2.33 bits per heavy atom. The van der Waals surface area contributed by atoms with E-state index in [1.165, 1.54) is 24.3 Å². The summed E-state index contributed by atoms with van der Waals surface area (Å²) in [5.41, 5.74) is 0.961. The number of hydrogen-bond donors (Lipinski definition) is 0. The minimum atomic E-state index is 0.584. The van der Waals surface area contributed by atoms with Gasteiger partial charge in [-0.2, -0.15) is 11.8 Å². The van der Waals surface area contributed by atoms with Gasteiger partial charge in [0.2, 0.25) is 0 Å². The van der Waals surface area contributed by atoms with E-state index < -0.39 is 0 Å². The van der Waals surface area contributed by atoms with Crippen LogP contribution in [0, 0.1) is 0 Å². The van der Waals surface area contributed by atoms with Crippen molar-refractivity contribution in [3.63, 3.8) is 0 Å². The van der Waals surface area contributed by atoms with Crippen LogP contribution in [-0.4, -0.2) is 26.1 Å². The van der Waals surface area contributed by atoms with Gasteiger partial charge in [0, 0.05) is 17.9 Å². The first kappa shape index (κ1) is 9.21. The molecule has 1 unspecified atom stereocenters. The van der Waals surface area contributed by atoms with E-state index in [1.807, 2.05) is 30.0 Å². The van der Waals surface area contributed by atoms with Crippen molar-refractivity contribution in [2.45, 2.75) is 18.8 Å². The summed E-state index contributed by atoms with van der Waals surface area (Å²) >= 11 is 2.03. The van der Waals surface area contributed by atoms with Crippen LogP contribution in [0.25, 0.3) is 5.65 Å². The minimum Gasteiger partial charge on any atom is -0.286 e. The molecule has 0 saturated carbocycles. The first-order valence-corrected chi connectivity index (χ1v) is 6.48. The molecule has 0 radical (unpaired) electrons. The Hall–Kier alpha value is -1.03. The molecule has 0 amide bonds. The average Bonchev–Trinajstić information content (AvgIpc) is 2.74. The second-order valence-electron chi connectivity index (χ2n) is 3.90. The zero-order chi connectivity index (χ0) is 10.1. The van der Waals surface area contributed by atoms with Crippen LogP contribution in [0.2, 0.25) is 0 Å². The topological polar surface area (TPSA) is 30.2 Å². The molecule has 15 heavy (non-hydrogen) atoms. The van der Waals surface area contributed by atoms with Crippen molar-refractivity contribution in [3.8, 4) is 0 Å². The number of pyridine rings is 1. The standard InChI is InChI=1S/C11H13N3S/c1-2-6-14-10(5-1)12-13-11(14)9-4-3-7-15-8-9/h1-2,5-6,9H,3-4,7-8H2. The van der Waals surface area contributed by atoms with E-state index in [1.54, 1.807) is 0 Å². The highest BCUT2D eigenvalue weighted by molar-refractivity contribution is 7.99. The zero-order valence-electron chi connectivity index (χ0n) is 8.47. The molecule has 1 fully saturated rings. The maximum atomic E-state index is 4.32. The molecule has 3 nitrogen and oxygen atoms in total. The van der Waals surface area contributed by atoms with Crippen molar-refractivity contribution in [1.82, 2.24) is 14.6 Å². The fraction of sp³-hybridized carbons (Fsp3) is 0.455. The number of fused-ring (bicyclic) bond motifs is 1. The van der Waals surface area contributed by atoms with Crippen LogP contribution in [0.3, 0.4) is 0 Å². The van der Waals surface area contributed by atoms with Gasteiger partial charge in [-0.3, -0.25) is 4.40 Å². The molecule has 0 bridgehead atoms. The summed E-state index contributed by atoms with van der Waals surface area (Å²) in [6.45, 7) is 0. The third-order valence-electron chi connectivity index (χ3n) is 2.87. The van der Waals surface area contributed by atoms with E-state index >= 15 is 0 Å². The van der Waals surface area contributed by atoms with Crippen molar-refractivity contribution in [2.75, 3.05) is 11.5 Å². The predicted molar refractivity (Wildman–Crippen MR) is 62.3 cm³/mol. The lowest BCUT2D eigenvalue weighted by Crippen LogP contribution is -2.11. The molecule has 0 aliphatic carbocycles. The Balaban J connectivity index is 2.02. The van der Waals surface area contributed by atoms with Gasteiger partial charge >= 0.3 is 0 Å². The van der Waals surface area contributed by atoms with Gasteiger partial charge in [-0.05, 0) is 30.7 Å². The Morgan fingerprint density at radius 3 is 3.20 bits per heavy atom. The van der Waals surface area contributed by atoms with Crippen molar-refractivity contribution in [2.24, 2.45) is 0 Å². The summed E-state index contributed by atoms with van der Waals surface area (Å²) in [4.78, 5) is 0. The molecule has 2 aromatic rings. The van der Waals surface area contributed by atoms with E-state index in [0.29, 0.717) is 5.92 Å². The molecular weight excluding hydrogens is 206 g/mol. The van der Waals surface area contributed by atoms with Crippen LogP contribution in [0.15, 0.2) is 24.4 Å². The first-order valence-electron chi connectivity index (χ1n) is 5.32. The van der Waals surface area contributed by atoms with Crippen LogP contribution in [0.5, 0.6) is 0 Å². The van der Waals surface area contributed by atoms with Gasteiger partial charge in [0.25, 0.3) is 0 Å². The molecule has 0 N–H and O–H groups in total. The Morgan fingerprint density at radius 1 is 1.33 bits per heavy atom. The average molecular weight is 219 g/mol. The first-order chi connectivity index (χ1) is 7.45. The van der Waals surface area contributed by atoms with E-state index in [2.05, 4.69) is 20.8 Å². The van der Waals surface area contributed by atoms with Crippen LogP contribution >= 0.6 is 11.8 Å². The van der Waals surface area contributed by atoms with Crippen molar-refractivity contribution in [3.05, 3.63) is 30.2 Å². The smallest absolute Gasteiger partial charge is 0.160 e. The number of thioether (sulfide) groups is 1. The highest BCUT2D eigenvalue weighted by Crippen LogP contribution is 2.30. The molecule has 1 aliphatic heterocycles. The quantitative estimate of drug-likeness (QED) is 0.737. The van der Waals surface area contributed by atoms with Crippen molar-refractivity contribution in [1.29, 1.82) is 0 Å². The van der Waals surface area contributed by atoms with E-state index in [4.69, 9.17) is 0 Å². The molecule has 1 saturated heterocycles. The number of nitrogens with zero attached hydrogens (tertiary/aromatic N) is 3. The lowest BCUT2D eigenvalue weighted by atomic mass is 10.1. The Kier molecular flexibility index (Phi) is 2.37. The summed E-state index contributed by atoms with van der Waals surface area (Å²) in [5.74, 6) is 4.21. The van der Waals surface area contributed by atoms with E-state index in [0.717, 1.165) is 11.5 Å². The van der Waals surface area contributed by atoms with Crippen LogP contribution in [0.1, 0.15) is 24.6 Å². The lowest BCUT2D eigenvalue weighted by Gasteiger charge is -2.19. The summed E-state index contributed by atoms with van der Waals surface area (Å²) in [7, 11) is 0. The van der Waals surface area contributed by atoms with Crippen LogP contribution in [-0.2, 0) is 0 Å². The molecule has 0 aromatic carbocycles. The normalized spacial score (nSPS) is 22.0. The summed E-state index contributed by atoms with van der Waals surface area (Å²) in [6.07, 6.45) is 4.61. The molecule has 1 atom stereocenters. The lowest BCUT2D eigenvalue weighted by molar-refractivity contribution is 0.617. The highest BCUT2D eigenvalue weighted by atomic mass is 32.2. The van der Waals surface area contributed by atoms with Gasteiger partial charge in [-0.25, -0.2) is 0 Å². The third kappa shape index (κ3) is 1.63. The summed E-state index contributed by atoms with van der Waals surface area (Å²) in [5, 5.41) is 8.52. The molecular formula is C11H13N3S. The van der Waals surface area contributed by atoms with Gasteiger partial charge in [-0.1, -0.05) is 6.07 Å². The molecule has 0 spiro atoms. The zero-order valence-corrected chi connectivity index (χ0v) is 9.28. The van der Waals surface area contributed by atoms with Crippen molar-refractivity contribution < 1.29 is 0 Å². The summed E-state index contributed by atoms with van der Waals surface area (Å²) in [6, 6.07) is 6.05. The molecule has 3 heterocycles. The van der Waals surface area contributed by atoms with Gasteiger partial charge in [0.15, 0.2) is 5.65 Å². The third-order valence-corrected chi connectivity index (χ3v) is 4.08. The molecule has 2 aromatic heterocycles. The molecule has 78 valence electrons. The van der Waals surface area contributed by atoms with Crippen LogP contribution < -0.4 is 0 Å². The maximum Gasteiger partial charge on any atom is 0.160 e.